The molecule has 0 spiro atoms. The van der Waals surface area contributed by atoms with Gasteiger partial charge >= 0.3 is 0 Å². The Kier molecular flexibility index (Phi) is 6.05. The van der Waals surface area contributed by atoms with Gasteiger partial charge < -0.3 is 5.32 Å². The number of halogens is 1. The van der Waals surface area contributed by atoms with Gasteiger partial charge in [-0.1, -0.05) is 40.2 Å². The molecule has 0 aliphatic heterocycles. The minimum atomic E-state index is -0.0461. The molecule has 0 atom stereocenters. The molecule has 1 amide bonds. The van der Waals surface area contributed by atoms with E-state index >= 15 is 0 Å². The highest BCUT2D eigenvalue weighted by Gasteiger charge is 2.06. The molecule has 22 heavy (non-hydrogen) atoms. The van der Waals surface area contributed by atoms with Crippen LogP contribution >= 0.6 is 27.7 Å². The molecular weight excluding hydrogens is 360 g/mol. The van der Waals surface area contributed by atoms with Gasteiger partial charge in [-0.25, -0.2) is 0 Å². The molecule has 0 heterocycles. The summed E-state index contributed by atoms with van der Waals surface area (Å²) in [6.07, 6.45) is 0. The summed E-state index contributed by atoms with van der Waals surface area (Å²) >= 11 is 4.94. The zero-order chi connectivity index (χ0) is 15.9. The van der Waals surface area contributed by atoms with Crippen LogP contribution in [0.3, 0.4) is 0 Å². The fraction of sp³-hybridized carbons (Fsp3) is 0.176. The zero-order valence-corrected chi connectivity index (χ0v) is 14.5. The van der Waals surface area contributed by atoms with E-state index in [4.69, 9.17) is 5.26 Å². The summed E-state index contributed by atoms with van der Waals surface area (Å²) in [5.74, 6) is 0.954. The minimum absolute atomic E-state index is 0.0461. The summed E-state index contributed by atoms with van der Waals surface area (Å²) in [5.41, 5.74) is 3.53. The highest BCUT2D eigenvalue weighted by molar-refractivity contribution is 9.10. The Labute approximate surface area is 142 Å². The van der Waals surface area contributed by atoms with Gasteiger partial charge in [-0.2, -0.15) is 5.26 Å². The highest BCUT2D eigenvalue weighted by atomic mass is 79.9. The fourth-order valence-electron chi connectivity index (χ4n) is 1.88. The van der Waals surface area contributed by atoms with E-state index in [1.54, 1.807) is 6.07 Å². The average molecular weight is 375 g/mol. The van der Waals surface area contributed by atoms with Gasteiger partial charge in [0.2, 0.25) is 5.91 Å². The lowest BCUT2D eigenvalue weighted by Crippen LogP contribution is -2.14. The van der Waals surface area contributed by atoms with Gasteiger partial charge in [0.25, 0.3) is 0 Å². The monoisotopic (exact) mass is 374 g/mol. The van der Waals surface area contributed by atoms with Crippen LogP contribution in [0.4, 0.5) is 5.69 Å². The van der Waals surface area contributed by atoms with Crippen LogP contribution < -0.4 is 5.32 Å². The maximum Gasteiger partial charge on any atom is 0.234 e. The zero-order valence-electron chi connectivity index (χ0n) is 12.1. The third-order valence-electron chi connectivity index (χ3n) is 3.08. The number of thioether (sulfide) groups is 1. The van der Waals surface area contributed by atoms with Gasteiger partial charge in [0.1, 0.15) is 0 Å². The standard InChI is InChI=1S/C17H15BrN2OS/c1-12-6-7-15(8-16(12)18)20-17(21)11-22-10-14-5-3-2-4-13(14)9-19/h2-8H,10-11H2,1H3,(H,20,21). The number of nitrogens with one attached hydrogen (secondary N) is 1. The van der Waals surface area contributed by atoms with Gasteiger partial charge in [0, 0.05) is 15.9 Å². The largest absolute Gasteiger partial charge is 0.325 e. The van der Waals surface area contributed by atoms with E-state index in [1.807, 2.05) is 43.3 Å². The maximum absolute atomic E-state index is 11.9. The number of aryl methyl sites for hydroxylation is 1. The Balaban J connectivity index is 1.85. The van der Waals surface area contributed by atoms with Crippen molar-refractivity contribution >= 4 is 39.3 Å². The van der Waals surface area contributed by atoms with Crippen LogP contribution in [0.5, 0.6) is 0 Å². The summed E-state index contributed by atoms with van der Waals surface area (Å²) in [4.78, 5) is 11.9. The second kappa shape index (κ2) is 8.02. The predicted molar refractivity (Wildman–Crippen MR) is 94.8 cm³/mol. The lowest BCUT2D eigenvalue weighted by Gasteiger charge is -2.07. The van der Waals surface area contributed by atoms with Crippen LogP contribution in [-0.4, -0.2) is 11.7 Å². The average Bonchev–Trinajstić information content (AvgIpc) is 2.51. The normalized spacial score (nSPS) is 10.0. The molecule has 2 aromatic rings. The third-order valence-corrected chi connectivity index (χ3v) is 4.92. The summed E-state index contributed by atoms with van der Waals surface area (Å²) in [6, 6.07) is 15.3. The molecule has 2 rings (SSSR count). The molecule has 5 heteroatoms. The number of carbonyl (C=O) groups excluding carboxylic acids is 1. The predicted octanol–water partition coefficient (Wildman–Crippen LogP) is 4.50. The molecule has 0 unspecified atom stereocenters. The molecule has 0 aliphatic rings. The Morgan fingerprint density at radius 3 is 2.82 bits per heavy atom. The van der Waals surface area contributed by atoms with E-state index in [9.17, 15) is 4.79 Å². The smallest absolute Gasteiger partial charge is 0.234 e. The van der Waals surface area contributed by atoms with Crippen molar-refractivity contribution in [3.63, 3.8) is 0 Å². The number of nitriles is 1. The van der Waals surface area contributed by atoms with Crippen molar-refractivity contribution < 1.29 is 4.79 Å². The van der Waals surface area contributed by atoms with Crippen LogP contribution in [0.15, 0.2) is 46.9 Å². The number of hydrogen-bond donors (Lipinski definition) is 1. The molecule has 3 nitrogen and oxygen atoms in total. The van der Waals surface area contributed by atoms with E-state index in [0.717, 1.165) is 21.3 Å². The second-order valence-electron chi connectivity index (χ2n) is 4.77. The van der Waals surface area contributed by atoms with Crippen molar-refractivity contribution in [2.75, 3.05) is 11.1 Å². The van der Waals surface area contributed by atoms with Crippen LogP contribution in [0.2, 0.25) is 0 Å². The minimum Gasteiger partial charge on any atom is -0.325 e. The number of rotatable bonds is 5. The highest BCUT2D eigenvalue weighted by Crippen LogP contribution is 2.21. The summed E-state index contributed by atoms with van der Waals surface area (Å²) in [6.45, 7) is 2.00. The molecular formula is C17H15BrN2OS. The van der Waals surface area contributed by atoms with Crippen molar-refractivity contribution in [1.29, 1.82) is 5.26 Å². The van der Waals surface area contributed by atoms with Crippen molar-refractivity contribution in [2.24, 2.45) is 0 Å². The van der Waals surface area contributed by atoms with Gasteiger partial charge in [0.15, 0.2) is 0 Å². The Morgan fingerprint density at radius 2 is 2.09 bits per heavy atom. The first-order valence-corrected chi connectivity index (χ1v) is 8.66. The molecule has 0 radical (unpaired) electrons. The topological polar surface area (TPSA) is 52.9 Å². The summed E-state index contributed by atoms with van der Waals surface area (Å²) in [7, 11) is 0. The molecule has 0 bridgehead atoms. The molecule has 2 aromatic carbocycles. The maximum atomic E-state index is 11.9. The molecule has 0 saturated heterocycles. The lowest BCUT2D eigenvalue weighted by atomic mass is 10.1. The fourth-order valence-corrected chi connectivity index (χ4v) is 3.09. The third kappa shape index (κ3) is 4.62. The van der Waals surface area contributed by atoms with Crippen molar-refractivity contribution in [3.05, 3.63) is 63.6 Å². The van der Waals surface area contributed by atoms with Gasteiger partial charge in [-0.15, -0.1) is 11.8 Å². The SMILES string of the molecule is Cc1ccc(NC(=O)CSCc2ccccc2C#N)cc1Br. The van der Waals surface area contributed by atoms with Crippen LogP contribution in [-0.2, 0) is 10.5 Å². The van der Waals surface area contributed by atoms with Crippen LogP contribution in [0.1, 0.15) is 16.7 Å². The van der Waals surface area contributed by atoms with E-state index in [2.05, 4.69) is 27.3 Å². The number of nitrogens with zero attached hydrogens (tertiary/aromatic N) is 1. The van der Waals surface area contributed by atoms with Crippen molar-refractivity contribution in [2.45, 2.75) is 12.7 Å². The Morgan fingerprint density at radius 1 is 1.32 bits per heavy atom. The summed E-state index contributed by atoms with van der Waals surface area (Å²) < 4.78 is 0.973. The van der Waals surface area contributed by atoms with Crippen molar-refractivity contribution in [3.8, 4) is 6.07 Å². The van der Waals surface area contributed by atoms with Gasteiger partial charge in [-0.05, 0) is 36.2 Å². The number of amides is 1. The molecule has 0 aliphatic carbocycles. The first-order chi connectivity index (χ1) is 10.6. The number of benzene rings is 2. The quantitative estimate of drug-likeness (QED) is 0.837. The van der Waals surface area contributed by atoms with Crippen molar-refractivity contribution in [1.82, 2.24) is 0 Å². The molecule has 1 N–H and O–H groups in total. The first kappa shape index (κ1) is 16.6. The molecule has 0 fully saturated rings. The Hall–Kier alpha value is -1.77. The van der Waals surface area contributed by atoms with Crippen LogP contribution in [0.25, 0.3) is 0 Å². The number of hydrogen-bond acceptors (Lipinski definition) is 3. The number of carbonyl (C=O) groups is 1. The molecule has 112 valence electrons. The molecule has 0 saturated carbocycles. The van der Waals surface area contributed by atoms with Gasteiger partial charge in [-0.3, -0.25) is 4.79 Å². The Bertz CT molecular complexity index is 725. The van der Waals surface area contributed by atoms with E-state index in [1.165, 1.54) is 11.8 Å². The summed E-state index contributed by atoms with van der Waals surface area (Å²) in [5, 5.41) is 11.9. The first-order valence-electron chi connectivity index (χ1n) is 6.72. The van der Waals surface area contributed by atoms with E-state index in [-0.39, 0.29) is 5.91 Å². The molecule has 0 aromatic heterocycles. The lowest BCUT2D eigenvalue weighted by molar-refractivity contribution is -0.113. The second-order valence-corrected chi connectivity index (χ2v) is 6.61. The number of anilines is 1. The van der Waals surface area contributed by atoms with Gasteiger partial charge in [0.05, 0.1) is 17.4 Å². The van der Waals surface area contributed by atoms with Crippen LogP contribution in [0, 0.1) is 18.3 Å². The van der Waals surface area contributed by atoms with E-state index in [0.29, 0.717) is 17.1 Å². The van der Waals surface area contributed by atoms with E-state index < -0.39 is 0 Å².